The van der Waals surface area contributed by atoms with Crippen molar-refractivity contribution in [2.75, 3.05) is 6.61 Å². The monoisotopic (exact) mass is 356 g/mol. The summed E-state index contributed by atoms with van der Waals surface area (Å²) in [5.41, 5.74) is 3.27. The molecule has 5 nitrogen and oxygen atoms in total. The quantitative estimate of drug-likeness (QED) is 0.775. The summed E-state index contributed by atoms with van der Waals surface area (Å²) >= 11 is 6.27. The van der Waals surface area contributed by atoms with Crippen LogP contribution in [0.15, 0.2) is 43.0 Å². The molecule has 1 aliphatic rings. The molecule has 3 aromatic rings. The van der Waals surface area contributed by atoms with Crippen molar-refractivity contribution in [3.63, 3.8) is 0 Å². The SMILES string of the molecule is Cn1cncc1[C@H]1C[C@@H](NCc2cc(Cl)cc3cccnc23)CCO1. The number of hydrogen-bond donors (Lipinski definition) is 1. The van der Waals surface area contributed by atoms with E-state index >= 15 is 0 Å². The first-order chi connectivity index (χ1) is 12.2. The first kappa shape index (κ1) is 16.5. The Morgan fingerprint density at radius 1 is 1.40 bits per heavy atom. The zero-order valence-corrected chi connectivity index (χ0v) is 14.9. The van der Waals surface area contributed by atoms with Crippen LogP contribution in [0.4, 0.5) is 0 Å². The highest BCUT2D eigenvalue weighted by Gasteiger charge is 2.25. The lowest BCUT2D eigenvalue weighted by atomic mass is 10.0. The van der Waals surface area contributed by atoms with Gasteiger partial charge in [0.25, 0.3) is 0 Å². The van der Waals surface area contributed by atoms with E-state index in [-0.39, 0.29) is 6.10 Å². The van der Waals surface area contributed by atoms with Crippen LogP contribution in [0.3, 0.4) is 0 Å². The van der Waals surface area contributed by atoms with E-state index in [1.165, 1.54) is 0 Å². The van der Waals surface area contributed by atoms with Gasteiger partial charge in [0.1, 0.15) is 6.10 Å². The first-order valence-electron chi connectivity index (χ1n) is 8.55. The van der Waals surface area contributed by atoms with Gasteiger partial charge in [0.2, 0.25) is 0 Å². The second-order valence-electron chi connectivity index (χ2n) is 6.53. The molecule has 0 aliphatic carbocycles. The third-order valence-corrected chi connectivity index (χ3v) is 5.02. The molecule has 0 unspecified atom stereocenters. The zero-order valence-electron chi connectivity index (χ0n) is 14.2. The lowest BCUT2D eigenvalue weighted by Gasteiger charge is -2.30. The molecular formula is C19H21ClN4O. The van der Waals surface area contributed by atoms with Gasteiger partial charge in [0.15, 0.2) is 0 Å². The molecule has 0 saturated carbocycles. The highest BCUT2D eigenvalue weighted by molar-refractivity contribution is 6.31. The number of aryl methyl sites for hydroxylation is 1. The highest BCUT2D eigenvalue weighted by atomic mass is 35.5. The van der Waals surface area contributed by atoms with Crippen molar-refractivity contribution in [1.82, 2.24) is 19.9 Å². The van der Waals surface area contributed by atoms with Gasteiger partial charge in [-0.3, -0.25) is 4.98 Å². The minimum atomic E-state index is 0.0907. The number of rotatable bonds is 4. The van der Waals surface area contributed by atoms with Crippen LogP contribution in [0.1, 0.15) is 30.2 Å². The Balaban J connectivity index is 1.47. The molecule has 1 saturated heterocycles. The van der Waals surface area contributed by atoms with E-state index in [2.05, 4.69) is 15.3 Å². The van der Waals surface area contributed by atoms with E-state index < -0.39 is 0 Å². The molecule has 1 aliphatic heterocycles. The standard InChI is InChI=1S/C19H21ClN4O/c1-24-12-21-11-17(24)18-9-16(4-6-25-18)23-10-14-8-15(20)7-13-3-2-5-22-19(13)14/h2-3,5,7-8,11-12,16,18,23H,4,6,9-10H2,1H3/t16-,18+/m0/s1. The molecule has 3 heterocycles. The van der Waals surface area contributed by atoms with Crippen LogP contribution in [0.2, 0.25) is 5.02 Å². The van der Waals surface area contributed by atoms with Crippen molar-refractivity contribution in [1.29, 1.82) is 0 Å². The summed E-state index contributed by atoms with van der Waals surface area (Å²) in [6, 6.07) is 8.34. The highest BCUT2D eigenvalue weighted by Crippen LogP contribution is 2.28. The summed E-state index contributed by atoms with van der Waals surface area (Å²) in [6.45, 7) is 1.50. The van der Waals surface area contributed by atoms with Gasteiger partial charge in [-0.2, -0.15) is 0 Å². The lowest BCUT2D eigenvalue weighted by molar-refractivity contribution is -0.00402. The van der Waals surface area contributed by atoms with Gasteiger partial charge in [-0.1, -0.05) is 17.7 Å². The van der Waals surface area contributed by atoms with Crippen molar-refractivity contribution in [3.05, 3.63) is 59.3 Å². The fourth-order valence-electron chi connectivity index (χ4n) is 3.48. The molecule has 4 rings (SSSR count). The number of imidazole rings is 1. The van der Waals surface area contributed by atoms with Gasteiger partial charge in [0, 0.05) is 42.8 Å². The van der Waals surface area contributed by atoms with Crippen molar-refractivity contribution in [3.8, 4) is 0 Å². The number of halogens is 1. The topological polar surface area (TPSA) is 52.0 Å². The largest absolute Gasteiger partial charge is 0.372 e. The minimum Gasteiger partial charge on any atom is -0.372 e. The van der Waals surface area contributed by atoms with E-state index in [0.29, 0.717) is 6.04 Å². The Morgan fingerprint density at radius 2 is 2.32 bits per heavy atom. The molecule has 6 heteroatoms. The molecule has 0 radical (unpaired) electrons. The molecule has 1 aromatic carbocycles. The van der Waals surface area contributed by atoms with Crippen molar-refractivity contribution < 1.29 is 4.74 Å². The number of nitrogens with one attached hydrogen (secondary N) is 1. The van der Waals surface area contributed by atoms with Crippen LogP contribution in [0.5, 0.6) is 0 Å². The number of fused-ring (bicyclic) bond motifs is 1. The summed E-state index contributed by atoms with van der Waals surface area (Å²) in [5.74, 6) is 0. The third kappa shape index (κ3) is 3.54. The maximum Gasteiger partial charge on any atom is 0.100 e. The van der Waals surface area contributed by atoms with Crippen LogP contribution in [-0.4, -0.2) is 27.2 Å². The fraction of sp³-hybridized carbons (Fsp3) is 0.368. The fourth-order valence-corrected chi connectivity index (χ4v) is 3.73. The summed E-state index contributed by atoms with van der Waals surface area (Å²) in [7, 11) is 2.01. The van der Waals surface area contributed by atoms with Crippen LogP contribution < -0.4 is 5.32 Å². The predicted molar refractivity (Wildman–Crippen MR) is 98.5 cm³/mol. The Kier molecular flexibility index (Phi) is 4.70. The van der Waals surface area contributed by atoms with Gasteiger partial charge in [0.05, 0.1) is 23.7 Å². The smallest absolute Gasteiger partial charge is 0.100 e. The normalized spacial score (nSPS) is 20.9. The predicted octanol–water partition coefficient (Wildman–Crippen LogP) is 3.63. The van der Waals surface area contributed by atoms with Gasteiger partial charge >= 0.3 is 0 Å². The molecule has 130 valence electrons. The Morgan fingerprint density at radius 3 is 3.16 bits per heavy atom. The van der Waals surface area contributed by atoms with E-state index in [1.54, 1.807) is 0 Å². The minimum absolute atomic E-state index is 0.0907. The lowest BCUT2D eigenvalue weighted by Crippen LogP contribution is -2.36. The van der Waals surface area contributed by atoms with Gasteiger partial charge in [-0.05, 0) is 36.6 Å². The second-order valence-corrected chi connectivity index (χ2v) is 6.97. The molecule has 1 fully saturated rings. The Bertz CT molecular complexity index is 879. The number of pyridine rings is 1. The molecule has 2 atom stereocenters. The zero-order chi connectivity index (χ0) is 17.2. The third-order valence-electron chi connectivity index (χ3n) is 4.80. The van der Waals surface area contributed by atoms with Crippen molar-refractivity contribution in [2.24, 2.45) is 7.05 Å². The molecule has 1 N–H and O–H groups in total. The summed E-state index contributed by atoms with van der Waals surface area (Å²) in [6.07, 6.45) is 7.56. The summed E-state index contributed by atoms with van der Waals surface area (Å²) in [4.78, 5) is 8.72. The molecule has 0 amide bonds. The van der Waals surface area contributed by atoms with Crippen LogP contribution >= 0.6 is 11.6 Å². The van der Waals surface area contributed by atoms with Gasteiger partial charge in [-0.15, -0.1) is 0 Å². The number of nitrogens with zero attached hydrogens (tertiary/aromatic N) is 3. The molecular weight excluding hydrogens is 336 g/mol. The second kappa shape index (κ2) is 7.12. The Hall–Kier alpha value is -1.95. The average molecular weight is 357 g/mol. The molecule has 2 aromatic heterocycles. The van der Waals surface area contributed by atoms with E-state index in [4.69, 9.17) is 16.3 Å². The van der Waals surface area contributed by atoms with Gasteiger partial charge < -0.3 is 14.6 Å². The number of benzene rings is 1. The van der Waals surface area contributed by atoms with Crippen LogP contribution in [0, 0.1) is 0 Å². The van der Waals surface area contributed by atoms with Crippen molar-refractivity contribution >= 4 is 22.5 Å². The average Bonchev–Trinajstić information content (AvgIpc) is 3.06. The van der Waals surface area contributed by atoms with Gasteiger partial charge in [-0.25, -0.2) is 4.98 Å². The molecule has 0 spiro atoms. The van der Waals surface area contributed by atoms with Crippen LogP contribution in [0.25, 0.3) is 10.9 Å². The van der Waals surface area contributed by atoms with E-state index in [0.717, 1.165) is 53.2 Å². The number of ether oxygens (including phenoxy) is 1. The molecule has 25 heavy (non-hydrogen) atoms. The molecule has 0 bridgehead atoms. The van der Waals surface area contributed by atoms with Crippen LogP contribution in [-0.2, 0) is 18.3 Å². The number of hydrogen-bond acceptors (Lipinski definition) is 4. The summed E-state index contributed by atoms with van der Waals surface area (Å²) < 4.78 is 7.97. The maximum atomic E-state index is 6.27. The van der Waals surface area contributed by atoms with E-state index in [9.17, 15) is 0 Å². The Labute approximate surface area is 152 Å². The van der Waals surface area contributed by atoms with E-state index in [1.807, 2.05) is 54.6 Å². The first-order valence-corrected chi connectivity index (χ1v) is 8.93. The summed E-state index contributed by atoms with van der Waals surface area (Å²) in [5, 5.41) is 5.48. The number of aromatic nitrogens is 3. The van der Waals surface area contributed by atoms with Crippen molar-refractivity contribution in [2.45, 2.75) is 31.5 Å². The maximum absolute atomic E-state index is 6.27.